The van der Waals surface area contributed by atoms with E-state index in [2.05, 4.69) is 5.10 Å². The Labute approximate surface area is 210 Å². The van der Waals surface area contributed by atoms with Gasteiger partial charge in [-0.05, 0) is 67.7 Å². The molecule has 9 heteroatoms. The van der Waals surface area contributed by atoms with E-state index >= 15 is 0 Å². The van der Waals surface area contributed by atoms with Gasteiger partial charge in [0.1, 0.15) is 11.4 Å². The smallest absolute Gasteiger partial charge is 0.277 e. The van der Waals surface area contributed by atoms with Gasteiger partial charge in [-0.1, -0.05) is 0 Å². The predicted molar refractivity (Wildman–Crippen MR) is 127 cm³/mol. The van der Waals surface area contributed by atoms with Crippen LogP contribution in [0.3, 0.4) is 0 Å². The molecule has 0 saturated carbocycles. The molecule has 5 rings (SSSR count). The van der Waals surface area contributed by atoms with E-state index in [-0.39, 0.29) is 33.2 Å². The standard InChI is InChI=1S/C25H25N5O4/c1-34-19-11-9-18(10-12-19)30-23-20(22(27-30)24(26)32)13-15-29(25(23)33)17-7-5-16(6-8-17)28-14-3-2-4-21(28)31/h5-12H,2-4,13-15H2,1H3,(H2,26,32)/i2D2,3D2,4D2,14D2,15D2. The van der Waals surface area contributed by atoms with Gasteiger partial charge in [0.15, 0.2) is 5.69 Å². The molecule has 0 atom stereocenters. The van der Waals surface area contributed by atoms with Crippen molar-refractivity contribution in [2.24, 2.45) is 5.73 Å². The summed E-state index contributed by atoms with van der Waals surface area (Å²) in [4.78, 5) is 40.2. The summed E-state index contributed by atoms with van der Waals surface area (Å²) < 4.78 is 88.2. The van der Waals surface area contributed by atoms with Crippen LogP contribution in [0.25, 0.3) is 5.69 Å². The maximum Gasteiger partial charge on any atom is 0.277 e. The molecule has 2 N–H and O–H groups in total. The normalized spacial score (nSPS) is 27.7. The fourth-order valence-corrected chi connectivity index (χ4v) is 3.70. The first-order valence-electron chi connectivity index (χ1n) is 15.1. The molecule has 0 unspecified atom stereocenters. The minimum atomic E-state index is -3.53. The van der Waals surface area contributed by atoms with Crippen molar-refractivity contribution in [1.29, 1.82) is 0 Å². The van der Waals surface area contributed by atoms with Crippen LogP contribution in [-0.4, -0.2) is 47.6 Å². The molecule has 0 spiro atoms. The van der Waals surface area contributed by atoms with Gasteiger partial charge in [-0.25, -0.2) is 4.68 Å². The number of ether oxygens (including phenoxy) is 1. The van der Waals surface area contributed by atoms with Gasteiger partial charge in [-0.15, -0.1) is 0 Å². The van der Waals surface area contributed by atoms with Crippen molar-refractivity contribution in [2.45, 2.75) is 25.5 Å². The molecule has 2 aliphatic rings. The van der Waals surface area contributed by atoms with E-state index in [0.717, 1.165) is 33.8 Å². The van der Waals surface area contributed by atoms with Gasteiger partial charge in [0.05, 0.1) is 15.5 Å². The number of fused-ring (bicyclic) bond motifs is 1. The average Bonchev–Trinajstić information content (AvgIpc) is 3.32. The molecule has 3 heterocycles. The van der Waals surface area contributed by atoms with Crippen molar-refractivity contribution < 1.29 is 32.8 Å². The molecule has 0 bridgehead atoms. The number of rotatable bonds is 5. The number of methoxy groups -OCH3 is 1. The summed E-state index contributed by atoms with van der Waals surface area (Å²) in [5.41, 5.74) is 4.96. The van der Waals surface area contributed by atoms with Crippen LogP contribution in [0, 0.1) is 0 Å². The topological polar surface area (TPSA) is 111 Å². The Bertz CT molecular complexity index is 1690. The number of nitrogens with zero attached hydrogens (tertiary/aromatic N) is 4. The van der Waals surface area contributed by atoms with E-state index in [1.54, 1.807) is 24.3 Å². The third kappa shape index (κ3) is 3.68. The molecule has 1 fully saturated rings. The molecule has 3 amide bonds. The van der Waals surface area contributed by atoms with Crippen LogP contribution < -0.4 is 20.3 Å². The molecule has 0 radical (unpaired) electrons. The van der Waals surface area contributed by atoms with Gasteiger partial charge < -0.3 is 20.3 Å². The van der Waals surface area contributed by atoms with Crippen LogP contribution in [0.5, 0.6) is 5.75 Å². The summed E-state index contributed by atoms with van der Waals surface area (Å²) in [5, 5.41) is 4.20. The lowest BCUT2D eigenvalue weighted by Crippen LogP contribution is -2.39. The predicted octanol–water partition coefficient (Wildman–Crippen LogP) is 2.70. The Morgan fingerprint density at radius 2 is 1.62 bits per heavy atom. The van der Waals surface area contributed by atoms with Crippen LogP contribution in [0.15, 0.2) is 48.5 Å². The van der Waals surface area contributed by atoms with Crippen molar-refractivity contribution in [1.82, 2.24) is 9.78 Å². The van der Waals surface area contributed by atoms with E-state index in [0.29, 0.717) is 11.4 Å². The number of anilines is 2. The highest BCUT2D eigenvalue weighted by Crippen LogP contribution is 2.31. The SMILES string of the molecule is [2H]C1([2H])Cc2c(C(N)=O)nn(-c3ccc(OC)cc3)c2C(=O)N1c1ccc(N2C(=O)C([2H])([2H])C([2H])([2H])C([2H])([2H])C2([2H])[2H])cc1. The minimum absolute atomic E-state index is 0.0120. The van der Waals surface area contributed by atoms with Crippen molar-refractivity contribution in [3.05, 3.63) is 65.5 Å². The fraction of sp³-hybridized carbons (Fsp3) is 0.280. The molecule has 2 aromatic carbocycles. The molecule has 34 heavy (non-hydrogen) atoms. The zero-order valence-electron chi connectivity index (χ0n) is 27.8. The first-order valence-corrected chi connectivity index (χ1v) is 10.1. The Morgan fingerprint density at radius 1 is 0.971 bits per heavy atom. The highest BCUT2D eigenvalue weighted by atomic mass is 16.5. The van der Waals surface area contributed by atoms with Gasteiger partial charge >= 0.3 is 0 Å². The quantitative estimate of drug-likeness (QED) is 0.618. The monoisotopic (exact) mass is 469 g/mol. The third-order valence-corrected chi connectivity index (χ3v) is 5.32. The molecule has 9 nitrogen and oxygen atoms in total. The second kappa shape index (κ2) is 8.66. The van der Waals surface area contributed by atoms with E-state index in [9.17, 15) is 14.4 Å². The number of carbonyl (C=O) groups is 3. The summed E-state index contributed by atoms with van der Waals surface area (Å²) in [6.45, 7) is -5.79. The van der Waals surface area contributed by atoms with Gasteiger partial charge in [-0.2, -0.15) is 5.10 Å². The highest BCUT2D eigenvalue weighted by molar-refractivity contribution is 6.09. The molecule has 3 aromatic rings. The maximum atomic E-state index is 14.0. The van der Waals surface area contributed by atoms with E-state index < -0.39 is 56.3 Å². The van der Waals surface area contributed by atoms with Crippen molar-refractivity contribution >= 4 is 29.1 Å². The largest absolute Gasteiger partial charge is 0.497 e. The number of amides is 3. The number of hydrogen-bond donors (Lipinski definition) is 1. The van der Waals surface area contributed by atoms with E-state index in [1.807, 2.05) is 0 Å². The number of aromatic nitrogens is 2. The summed E-state index contributed by atoms with van der Waals surface area (Å²) in [6, 6.07) is 10.7. The third-order valence-electron chi connectivity index (χ3n) is 5.32. The number of primary amides is 1. The second-order valence-electron chi connectivity index (χ2n) is 7.27. The van der Waals surface area contributed by atoms with Gasteiger partial charge in [0.2, 0.25) is 5.91 Å². The molecular weight excluding hydrogens is 434 g/mol. The summed E-state index contributed by atoms with van der Waals surface area (Å²) in [7, 11) is 1.46. The van der Waals surface area contributed by atoms with Gasteiger partial charge in [-0.3, -0.25) is 14.4 Å². The number of hydrogen-bond acceptors (Lipinski definition) is 5. The Morgan fingerprint density at radius 3 is 2.26 bits per heavy atom. The molecule has 1 aromatic heterocycles. The van der Waals surface area contributed by atoms with Crippen LogP contribution >= 0.6 is 0 Å². The Balaban J connectivity index is 1.59. The van der Waals surface area contributed by atoms with Crippen LogP contribution in [-0.2, 0) is 11.2 Å². The average molecular weight is 470 g/mol. The fourth-order valence-electron chi connectivity index (χ4n) is 3.70. The number of piperidine rings is 1. The minimum Gasteiger partial charge on any atom is -0.497 e. The van der Waals surface area contributed by atoms with Gasteiger partial charge in [0.25, 0.3) is 11.8 Å². The van der Waals surface area contributed by atoms with Crippen molar-refractivity contribution in [3.63, 3.8) is 0 Å². The van der Waals surface area contributed by atoms with Crippen LogP contribution in [0.4, 0.5) is 11.4 Å². The summed E-state index contributed by atoms with van der Waals surface area (Å²) in [6.07, 6.45) is -11.0. The lowest BCUT2D eigenvalue weighted by molar-refractivity contribution is -0.119. The first kappa shape index (κ1) is 12.9. The number of benzene rings is 2. The van der Waals surface area contributed by atoms with E-state index in [1.165, 1.54) is 7.11 Å². The molecule has 1 saturated heterocycles. The Hall–Kier alpha value is -4.14. The number of nitrogens with two attached hydrogens (primary N) is 1. The lowest BCUT2D eigenvalue weighted by atomic mass is 10.0. The second-order valence-corrected chi connectivity index (χ2v) is 7.27. The van der Waals surface area contributed by atoms with Crippen LogP contribution in [0.2, 0.25) is 0 Å². The van der Waals surface area contributed by atoms with Gasteiger partial charge in [0, 0.05) is 47.3 Å². The van der Waals surface area contributed by atoms with E-state index in [4.69, 9.17) is 24.2 Å². The molecular formula is C25H25N5O4. The number of carbonyl (C=O) groups excluding carboxylic acids is 3. The van der Waals surface area contributed by atoms with Crippen LogP contribution in [0.1, 0.15) is 59.4 Å². The van der Waals surface area contributed by atoms with Crippen molar-refractivity contribution in [3.8, 4) is 11.4 Å². The summed E-state index contributed by atoms with van der Waals surface area (Å²) in [5.74, 6) is -3.04. The highest BCUT2D eigenvalue weighted by Gasteiger charge is 2.34. The first-order chi connectivity index (χ1) is 20.2. The molecule has 0 aliphatic carbocycles. The van der Waals surface area contributed by atoms with Crippen molar-refractivity contribution in [2.75, 3.05) is 29.9 Å². The zero-order chi connectivity index (χ0) is 32.8. The Kier molecular flexibility index (Phi) is 3.29. The lowest BCUT2D eigenvalue weighted by Gasteiger charge is -2.29. The summed E-state index contributed by atoms with van der Waals surface area (Å²) >= 11 is 0. The molecule has 174 valence electrons. The zero-order valence-corrected chi connectivity index (χ0v) is 17.8. The molecule has 2 aliphatic heterocycles. The maximum absolute atomic E-state index is 14.0.